The molecule has 0 amide bonds. The van der Waals surface area contributed by atoms with E-state index in [-0.39, 0.29) is 21.8 Å². The average molecular weight is 347 g/mol. The maximum Gasteiger partial charge on any atom is 0.226 e. The molecular formula is C17H16ClFN4O. The van der Waals surface area contributed by atoms with Crippen molar-refractivity contribution in [3.63, 3.8) is 0 Å². The Morgan fingerprint density at radius 2 is 2.17 bits per heavy atom. The first-order valence-corrected chi connectivity index (χ1v) is 8.12. The number of hydrogen-bond acceptors (Lipinski definition) is 4. The molecule has 24 heavy (non-hydrogen) atoms. The zero-order valence-electron chi connectivity index (χ0n) is 13.3. The number of carbonyl (C=O) groups is 1. The molecule has 1 atom stereocenters. The van der Waals surface area contributed by atoms with Crippen LogP contribution in [0.15, 0.2) is 35.8 Å². The van der Waals surface area contributed by atoms with Crippen LogP contribution in [0, 0.1) is 11.2 Å². The maximum absolute atomic E-state index is 14.6. The maximum atomic E-state index is 14.6. The lowest BCUT2D eigenvalue weighted by Crippen LogP contribution is -2.37. The minimum Gasteiger partial charge on any atom is -0.328 e. The summed E-state index contributed by atoms with van der Waals surface area (Å²) in [4.78, 5) is 17.0. The summed E-state index contributed by atoms with van der Waals surface area (Å²) in [5.74, 6) is 0.0168. The number of aromatic nitrogens is 3. The third-order valence-corrected chi connectivity index (χ3v) is 4.88. The Balaban J connectivity index is 1.97. The van der Waals surface area contributed by atoms with Crippen LogP contribution in [0.1, 0.15) is 38.3 Å². The molecule has 0 saturated heterocycles. The molecule has 0 saturated carbocycles. The summed E-state index contributed by atoms with van der Waals surface area (Å²) in [6.07, 6.45) is 2.47. The van der Waals surface area contributed by atoms with Crippen molar-refractivity contribution in [3.8, 4) is 0 Å². The predicted octanol–water partition coefficient (Wildman–Crippen LogP) is 3.73. The summed E-state index contributed by atoms with van der Waals surface area (Å²) in [5.41, 5.74) is 1.41. The summed E-state index contributed by atoms with van der Waals surface area (Å²) < 4.78 is 16.1. The highest BCUT2D eigenvalue weighted by Crippen LogP contribution is 2.46. The van der Waals surface area contributed by atoms with Gasteiger partial charge in [-0.05, 0) is 24.0 Å². The summed E-state index contributed by atoms with van der Waals surface area (Å²) >= 11 is 6.28. The molecule has 5 nitrogen and oxygen atoms in total. The first kappa shape index (κ1) is 15.3. The number of nitrogens with one attached hydrogen (secondary N) is 1. The molecular weight excluding hydrogens is 331 g/mol. The molecule has 0 bridgehead atoms. The number of hydrogen-bond donors (Lipinski definition) is 1. The van der Waals surface area contributed by atoms with E-state index in [4.69, 9.17) is 11.6 Å². The number of Topliss-reactive ketones (excluding diaryl/α,β-unsaturated/α-hetero) is 1. The molecule has 1 aliphatic heterocycles. The van der Waals surface area contributed by atoms with Crippen LogP contribution >= 0.6 is 11.6 Å². The number of halogens is 2. The fourth-order valence-corrected chi connectivity index (χ4v) is 3.85. The van der Waals surface area contributed by atoms with Crippen LogP contribution in [0.3, 0.4) is 0 Å². The van der Waals surface area contributed by atoms with Crippen LogP contribution in [0.25, 0.3) is 0 Å². The first-order chi connectivity index (χ1) is 11.4. The third kappa shape index (κ3) is 2.24. The molecule has 0 fully saturated rings. The van der Waals surface area contributed by atoms with Crippen molar-refractivity contribution >= 4 is 23.3 Å². The van der Waals surface area contributed by atoms with E-state index in [0.717, 1.165) is 5.70 Å². The highest BCUT2D eigenvalue weighted by molar-refractivity contribution is 6.31. The number of benzene rings is 1. The molecule has 7 heteroatoms. The number of fused-ring (bicyclic) bond motifs is 1. The van der Waals surface area contributed by atoms with Gasteiger partial charge < -0.3 is 5.32 Å². The number of allylic oxidation sites excluding steroid dienone is 2. The third-order valence-electron chi connectivity index (χ3n) is 4.55. The van der Waals surface area contributed by atoms with Crippen LogP contribution in [0.2, 0.25) is 5.02 Å². The molecule has 2 aliphatic rings. The molecule has 4 rings (SSSR count). The highest BCUT2D eigenvalue weighted by atomic mass is 35.5. The fraction of sp³-hybridized carbons (Fsp3) is 0.353. The predicted molar refractivity (Wildman–Crippen MR) is 88.2 cm³/mol. The van der Waals surface area contributed by atoms with Gasteiger partial charge in [0, 0.05) is 28.3 Å². The van der Waals surface area contributed by atoms with E-state index in [9.17, 15) is 9.18 Å². The van der Waals surface area contributed by atoms with Crippen LogP contribution < -0.4 is 5.32 Å². The lowest BCUT2D eigenvalue weighted by Gasteiger charge is -2.38. The second kappa shape index (κ2) is 5.14. The van der Waals surface area contributed by atoms with Crippen molar-refractivity contribution in [2.45, 2.75) is 32.7 Å². The van der Waals surface area contributed by atoms with Gasteiger partial charge in [-0.15, -0.1) is 0 Å². The molecule has 1 aliphatic carbocycles. The van der Waals surface area contributed by atoms with Crippen molar-refractivity contribution < 1.29 is 9.18 Å². The molecule has 1 N–H and O–H groups in total. The van der Waals surface area contributed by atoms with E-state index in [2.05, 4.69) is 15.4 Å². The molecule has 0 spiro atoms. The molecule has 0 radical (unpaired) electrons. The van der Waals surface area contributed by atoms with Gasteiger partial charge in [-0.1, -0.05) is 31.5 Å². The molecule has 1 aromatic carbocycles. The summed E-state index contributed by atoms with van der Waals surface area (Å²) in [6.45, 7) is 4.08. The van der Waals surface area contributed by atoms with Gasteiger partial charge in [0.05, 0.1) is 0 Å². The molecule has 2 aromatic rings. The Hall–Kier alpha value is -2.21. The van der Waals surface area contributed by atoms with Crippen LogP contribution in [0.4, 0.5) is 10.3 Å². The minimum absolute atomic E-state index is 0.0146. The lowest BCUT2D eigenvalue weighted by molar-refractivity contribution is -0.118. The van der Waals surface area contributed by atoms with E-state index in [1.54, 1.807) is 12.1 Å². The topological polar surface area (TPSA) is 59.8 Å². The SMILES string of the molecule is CC1(C)CC(=O)C2=C(C1)Nc1ncnn1[C@H]2c1c(F)cccc1Cl. The smallest absolute Gasteiger partial charge is 0.226 e. The number of carbonyl (C=O) groups excluding carboxylic acids is 1. The molecule has 1 aromatic heterocycles. The van der Waals surface area contributed by atoms with E-state index in [0.29, 0.717) is 24.4 Å². The summed E-state index contributed by atoms with van der Waals surface area (Å²) in [6, 6.07) is 3.81. The number of nitrogens with zero attached hydrogens (tertiary/aromatic N) is 3. The number of anilines is 1. The quantitative estimate of drug-likeness (QED) is 0.854. The lowest BCUT2D eigenvalue weighted by atomic mass is 9.73. The van der Waals surface area contributed by atoms with E-state index in [1.807, 2.05) is 13.8 Å². The highest BCUT2D eigenvalue weighted by Gasteiger charge is 2.42. The van der Waals surface area contributed by atoms with Crippen LogP contribution in [-0.4, -0.2) is 20.5 Å². The van der Waals surface area contributed by atoms with E-state index < -0.39 is 11.9 Å². The first-order valence-electron chi connectivity index (χ1n) is 7.74. The second-order valence-corrected chi connectivity index (χ2v) is 7.43. The Bertz CT molecular complexity index is 866. The zero-order chi connectivity index (χ0) is 17.1. The molecule has 124 valence electrons. The van der Waals surface area contributed by atoms with Crippen LogP contribution in [-0.2, 0) is 4.79 Å². The van der Waals surface area contributed by atoms with Crippen molar-refractivity contribution in [1.29, 1.82) is 0 Å². The Kier molecular flexibility index (Phi) is 3.28. The fourth-order valence-electron chi connectivity index (χ4n) is 3.59. The molecule has 2 heterocycles. The van der Waals surface area contributed by atoms with Gasteiger partial charge in [0.25, 0.3) is 0 Å². The minimum atomic E-state index is -0.698. The van der Waals surface area contributed by atoms with Crippen LogP contribution in [0.5, 0.6) is 0 Å². The standard InChI is InChI=1S/C17H16ClFN4O/c1-17(2)6-11-14(12(24)7-17)15(23-16(22-11)20-8-21-23)13-9(18)4-3-5-10(13)19/h3-5,8,15H,6-7H2,1-2H3,(H,20,21,22)/t15-/m0/s1. The Morgan fingerprint density at radius 1 is 1.38 bits per heavy atom. The van der Waals surface area contributed by atoms with Gasteiger partial charge in [0.1, 0.15) is 18.2 Å². The number of rotatable bonds is 1. The van der Waals surface area contributed by atoms with Crippen molar-refractivity contribution in [2.24, 2.45) is 5.41 Å². The largest absolute Gasteiger partial charge is 0.328 e. The van der Waals surface area contributed by atoms with Gasteiger partial charge in [0.15, 0.2) is 5.78 Å². The van der Waals surface area contributed by atoms with E-state index >= 15 is 0 Å². The van der Waals surface area contributed by atoms with Crippen molar-refractivity contribution in [2.75, 3.05) is 5.32 Å². The van der Waals surface area contributed by atoms with E-state index in [1.165, 1.54) is 17.1 Å². The van der Waals surface area contributed by atoms with Gasteiger partial charge in [-0.2, -0.15) is 10.1 Å². The summed E-state index contributed by atoms with van der Waals surface area (Å²) in [5, 5.41) is 7.65. The normalized spacial score (nSPS) is 22.0. The van der Waals surface area contributed by atoms with Gasteiger partial charge in [-0.25, -0.2) is 9.07 Å². The average Bonchev–Trinajstić information content (AvgIpc) is 2.92. The zero-order valence-corrected chi connectivity index (χ0v) is 14.1. The van der Waals surface area contributed by atoms with Gasteiger partial charge in [0.2, 0.25) is 5.95 Å². The number of ketones is 1. The monoisotopic (exact) mass is 346 g/mol. The van der Waals surface area contributed by atoms with Crippen molar-refractivity contribution in [3.05, 3.63) is 52.2 Å². The Labute approximate surface area is 143 Å². The summed E-state index contributed by atoms with van der Waals surface area (Å²) in [7, 11) is 0. The van der Waals surface area contributed by atoms with Crippen molar-refractivity contribution in [1.82, 2.24) is 14.8 Å². The Morgan fingerprint density at radius 3 is 2.92 bits per heavy atom. The van der Waals surface area contributed by atoms with Gasteiger partial charge in [-0.3, -0.25) is 4.79 Å². The second-order valence-electron chi connectivity index (χ2n) is 7.02. The van der Waals surface area contributed by atoms with Gasteiger partial charge >= 0.3 is 0 Å². The molecule has 0 unspecified atom stereocenters.